The normalized spacial score (nSPS) is 11.0. The standard InChI is InChI=1S/C15H14FN3OS/c1-9-3-4-11(16)5-13(9)18-14(20)6-12-8-21-15-17-10(2)7-19(12)15/h3-5,7-8H,6H2,1-2H3,(H,18,20). The SMILES string of the molecule is Cc1cn2c(CC(=O)Nc3cc(F)ccc3C)csc2n1. The molecule has 21 heavy (non-hydrogen) atoms. The Morgan fingerprint density at radius 2 is 2.24 bits per heavy atom. The minimum absolute atomic E-state index is 0.172. The highest BCUT2D eigenvalue weighted by molar-refractivity contribution is 7.15. The van der Waals surface area contributed by atoms with Crippen LogP contribution < -0.4 is 5.32 Å². The molecule has 0 aliphatic carbocycles. The Bertz CT molecular complexity index is 822. The molecule has 4 nitrogen and oxygen atoms in total. The van der Waals surface area contributed by atoms with Gasteiger partial charge < -0.3 is 5.32 Å². The molecule has 0 fully saturated rings. The minimum atomic E-state index is -0.362. The smallest absolute Gasteiger partial charge is 0.230 e. The lowest BCUT2D eigenvalue weighted by molar-refractivity contribution is -0.115. The number of aryl methyl sites for hydroxylation is 2. The van der Waals surface area contributed by atoms with Crippen molar-refractivity contribution in [1.29, 1.82) is 0 Å². The van der Waals surface area contributed by atoms with Crippen molar-refractivity contribution in [3.63, 3.8) is 0 Å². The number of nitrogens with one attached hydrogen (secondary N) is 1. The molecular formula is C15H14FN3OS. The first-order chi connectivity index (χ1) is 10.0. The molecule has 0 saturated heterocycles. The van der Waals surface area contributed by atoms with Crippen LogP contribution in [0.5, 0.6) is 0 Å². The van der Waals surface area contributed by atoms with Crippen LogP contribution >= 0.6 is 11.3 Å². The highest BCUT2D eigenvalue weighted by Gasteiger charge is 2.11. The molecule has 0 spiro atoms. The number of benzene rings is 1. The van der Waals surface area contributed by atoms with Crippen molar-refractivity contribution in [3.05, 3.63) is 52.5 Å². The third kappa shape index (κ3) is 2.80. The number of aromatic nitrogens is 2. The van der Waals surface area contributed by atoms with E-state index >= 15 is 0 Å². The van der Waals surface area contributed by atoms with Crippen molar-refractivity contribution >= 4 is 27.9 Å². The number of anilines is 1. The summed E-state index contributed by atoms with van der Waals surface area (Å²) in [6.45, 7) is 3.75. The largest absolute Gasteiger partial charge is 0.325 e. The predicted octanol–water partition coefficient (Wildman–Crippen LogP) is 3.33. The Hall–Kier alpha value is -2.21. The number of carbonyl (C=O) groups is 1. The number of fused-ring (bicyclic) bond motifs is 1. The zero-order chi connectivity index (χ0) is 15.0. The summed E-state index contributed by atoms with van der Waals surface area (Å²) in [6.07, 6.45) is 2.13. The van der Waals surface area contributed by atoms with Gasteiger partial charge in [-0.25, -0.2) is 9.37 Å². The van der Waals surface area contributed by atoms with Gasteiger partial charge in [0.15, 0.2) is 4.96 Å². The molecular weight excluding hydrogens is 289 g/mol. The van der Waals surface area contributed by atoms with Crippen LogP contribution in [0.2, 0.25) is 0 Å². The second kappa shape index (κ2) is 5.29. The van der Waals surface area contributed by atoms with E-state index in [1.807, 2.05) is 29.8 Å². The highest BCUT2D eigenvalue weighted by Crippen LogP contribution is 2.19. The minimum Gasteiger partial charge on any atom is -0.325 e. The topological polar surface area (TPSA) is 46.4 Å². The second-order valence-electron chi connectivity index (χ2n) is 4.95. The van der Waals surface area contributed by atoms with Crippen LogP contribution in [0.4, 0.5) is 10.1 Å². The zero-order valence-electron chi connectivity index (χ0n) is 11.7. The number of imidazole rings is 1. The van der Waals surface area contributed by atoms with Gasteiger partial charge in [-0.1, -0.05) is 6.07 Å². The molecule has 0 aliphatic rings. The van der Waals surface area contributed by atoms with E-state index in [4.69, 9.17) is 0 Å². The van der Waals surface area contributed by atoms with Gasteiger partial charge in [0.1, 0.15) is 5.82 Å². The van der Waals surface area contributed by atoms with Gasteiger partial charge in [-0.05, 0) is 31.5 Å². The number of carbonyl (C=O) groups excluding carboxylic acids is 1. The van der Waals surface area contributed by atoms with E-state index in [1.165, 1.54) is 23.5 Å². The molecule has 1 N–H and O–H groups in total. The van der Waals surface area contributed by atoms with E-state index in [-0.39, 0.29) is 18.1 Å². The molecule has 0 unspecified atom stereocenters. The molecule has 0 atom stereocenters. The van der Waals surface area contributed by atoms with Crippen molar-refractivity contribution in [2.45, 2.75) is 20.3 Å². The van der Waals surface area contributed by atoms with Crippen molar-refractivity contribution in [2.75, 3.05) is 5.32 Å². The lowest BCUT2D eigenvalue weighted by Gasteiger charge is -2.08. The number of hydrogen-bond donors (Lipinski definition) is 1. The summed E-state index contributed by atoms with van der Waals surface area (Å²) in [5, 5.41) is 4.67. The summed E-state index contributed by atoms with van der Waals surface area (Å²) in [4.78, 5) is 17.4. The molecule has 2 aromatic heterocycles. The van der Waals surface area contributed by atoms with Crippen LogP contribution in [0.3, 0.4) is 0 Å². The molecule has 108 valence electrons. The summed E-state index contributed by atoms with van der Waals surface area (Å²) in [7, 11) is 0. The van der Waals surface area contributed by atoms with Gasteiger partial charge >= 0.3 is 0 Å². The Morgan fingerprint density at radius 1 is 1.43 bits per heavy atom. The maximum Gasteiger partial charge on any atom is 0.230 e. The van der Waals surface area contributed by atoms with Crippen LogP contribution in [0.25, 0.3) is 4.96 Å². The van der Waals surface area contributed by atoms with Gasteiger partial charge in [-0.2, -0.15) is 0 Å². The monoisotopic (exact) mass is 303 g/mol. The van der Waals surface area contributed by atoms with Crippen LogP contribution in [0, 0.1) is 19.7 Å². The molecule has 0 radical (unpaired) electrons. The summed E-state index contributed by atoms with van der Waals surface area (Å²) in [5.74, 6) is -0.534. The molecule has 0 bridgehead atoms. The molecule has 0 saturated carbocycles. The average molecular weight is 303 g/mol. The third-order valence-corrected chi connectivity index (χ3v) is 4.11. The molecule has 2 heterocycles. The van der Waals surface area contributed by atoms with E-state index in [1.54, 1.807) is 6.07 Å². The number of thiazole rings is 1. The van der Waals surface area contributed by atoms with Crippen molar-refractivity contribution in [3.8, 4) is 0 Å². The van der Waals surface area contributed by atoms with Crippen LogP contribution in [-0.2, 0) is 11.2 Å². The van der Waals surface area contributed by atoms with Gasteiger partial charge in [0.25, 0.3) is 0 Å². The Labute approximate surface area is 125 Å². The van der Waals surface area contributed by atoms with Gasteiger partial charge in [-0.15, -0.1) is 11.3 Å². The van der Waals surface area contributed by atoms with Crippen molar-refractivity contribution in [1.82, 2.24) is 9.38 Å². The quantitative estimate of drug-likeness (QED) is 0.806. The summed E-state index contributed by atoms with van der Waals surface area (Å²) >= 11 is 1.50. The predicted molar refractivity (Wildman–Crippen MR) is 81.3 cm³/mol. The van der Waals surface area contributed by atoms with Crippen LogP contribution in [-0.4, -0.2) is 15.3 Å². The van der Waals surface area contributed by atoms with Crippen molar-refractivity contribution in [2.24, 2.45) is 0 Å². The average Bonchev–Trinajstić information content (AvgIpc) is 2.95. The van der Waals surface area contributed by atoms with E-state index in [2.05, 4.69) is 10.3 Å². The first-order valence-corrected chi connectivity index (χ1v) is 7.39. The lowest BCUT2D eigenvalue weighted by atomic mass is 10.2. The van der Waals surface area contributed by atoms with E-state index < -0.39 is 0 Å². The number of hydrogen-bond acceptors (Lipinski definition) is 3. The fraction of sp³-hybridized carbons (Fsp3) is 0.200. The Morgan fingerprint density at radius 3 is 3.05 bits per heavy atom. The third-order valence-electron chi connectivity index (χ3n) is 3.22. The first-order valence-electron chi connectivity index (χ1n) is 6.51. The fourth-order valence-electron chi connectivity index (χ4n) is 2.16. The van der Waals surface area contributed by atoms with Gasteiger partial charge in [0.05, 0.1) is 12.1 Å². The van der Waals surface area contributed by atoms with Crippen molar-refractivity contribution < 1.29 is 9.18 Å². The first kappa shape index (κ1) is 13.8. The summed E-state index contributed by atoms with van der Waals surface area (Å²) in [5.41, 5.74) is 3.14. The fourth-order valence-corrected chi connectivity index (χ4v) is 3.08. The van der Waals surface area contributed by atoms with Crippen LogP contribution in [0.1, 0.15) is 17.0 Å². The van der Waals surface area contributed by atoms with Crippen LogP contribution in [0.15, 0.2) is 29.8 Å². The Kier molecular flexibility index (Phi) is 3.47. The number of halogens is 1. The molecule has 0 aliphatic heterocycles. The number of amides is 1. The zero-order valence-corrected chi connectivity index (χ0v) is 12.5. The van der Waals surface area contributed by atoms with E-state index in [9.17, 15) is 9.18 Å². The molecule has 1 amide bonds. The molecule has 3 rings (SSSR count). The van der Waals surface area contributed by atoms with Gasteiger partial charge in [0.2, 0.25) is 5.91 Å². The summed E-state index contributed by atoms with van der Waals surface area (Å²) in [6, 6.07) is 4.35. The Balaban J connectivity index is 1.78. The van der Waals surface area contributed by atoms with Gasteiger partial charge in [0, 0.05) is 23.0 Å². The molecule has 3 aromatic rings. The lowest BCUT2D eigenvalue weighted by Crippen LogP contribution is -2.16. The molecule has 1 aromatic carbocycles. The molecule has 6 heteroatoms. The number of nitrogens with zero attached hydrogens (tertiary/aromatic N) is 2. The summed E-state index contributed by atoms with van der Waals surface area (Å²) < 4.78 is 15.1. The highest BCUT2D eigenvalue weighted by atomic mass is 32.1. The van der Waals surface area contributed by atoms with E-state index in [0.717, 1.165) is 21.9 Å². The number of rotatable bonds is 3. The van der Waals surface area contributed by atoms with Gasteiger partial charge in [-0.3, -0.25) is 9.20 Å². The maximum atomic E-state index is 13.2. The van der Waals surface area contributed by atoms with E-state index in [0.29, 0.717) is 5.69 Å². The maximum absolute atomic E-state index is 13.2. The second-order valence-corrected chi connectivity index (χ2v) is 5.78.